The summed E-state index contributed by atoms with van der Waals surface area (Å²) in [7, 11) is 0. The molecular formula is C22H29N5O4. The number of nitrogens with one attached hydrogen (secondary N) is 1. The molecule has 0 aromatic heterocycles. The molecule has 0 spiro atoms. The predicted molar refractivity (Wildman–Crippen MR) is 115 cm³/mol. The van der Waals surface area contributed by atoms with Crippen LogP contribution in [-0.2, 0) is 14.4 Å². The molecule has 0 bridgehead atoms. The van der Waals surface area contributed by atoms with Gasteiger partial charge in [0, 0.05) is 39.1 Å². The molecule has 1 saturated heterocycles. The van der Waals surface area contributed by atoms with Crippen molar-refractivity contribution in [2.24, 2.45) is 5.10 Å². The SMILES string of the molecule is CC(=O)N1CCN([C@@H]2CCC[C@@H](NC(=O)C3=NN(c4ccccc4)C(=O)C3)[C@H]2O)CC1. The zero-order valence-corrected chi connectivity index (χ0v) is 17.7. The maximum Gasteiger partial charge on any atom is 0.268 e. The summed E-state index contributed by atoms with van der Waals surface area (Å²) >= 11 is 0. The van der Waals surface area contributed by atoms with E-state index in [1.807, 2.05) is 23.1 Å². The zero-order valence-electron chi connectivity index (χ0n) is 17.7. The Bertz CT molecular complexity index is 866. The fourth-order valence-electron chi connectivity index (χ4n) is 4.66. The summed E-state index contributed by atoms with van der Waals surface area (Å²) in [6.07, 6.45) is 1.67. The second-order valence-electron chi connectivity index (χ2n) is 8.38. The van der Waals surface area contributed by atoms with Crippen LogP contribution in [0.5, 0.6) is 0 Å². The first-order chi connectivity index (χ1) is 14.9. The van der Waals surface area contributed by atoms with Crippen LogP contribution < -0.4 is 10.3 Å². The van der Waals surface area contributed by atoms with Gasteiger partial charge in [0.25, 0.3) is 11.8 Å². The van der Waals surface area contributed by atoms with Gasteiger partial charge in [-0.25, -0.2) is 0 Å². The number of hydrogen-bond donors (Lipinski definition) is 2. The molecule has 1 saturated carbocycles. The van der Waals surface area contributed by atoms with Crippen molar-refractivity contribution in [3.63, 3.8) is 0 Å². The average molecular weight is 428 g/mol. The number of rotatable bonds is 4. The molecule has 1 aliphatic carbocycles. The van der Waals surface area contributed by atoms with E-state index >= 15 is 0 Å². The van der Waals surface area contributed by atoms with Crippen molar-refractivity contribution in [3.8, 4) is 0 Å². The van der Waals surface area contributed by atoms with Crippen LogP contribution >= 0.6 is 0 Å². The van der Waals surface area contributed by atoms with E-state index < -0.39 is 12.0 Å². The highest BCUT2D eigenvalue weighted by Gasteiger charge is 2.39. The van der Waals surface area contributed by atoms with Gasteiger partial charge in [-0.15, -0.1) is 0 Å². The van der Waals surface area contributed by atoms with Gasteiger partial charge in [0.15, 0.2) is 0 Å². The Balaban J connectivity index is 1.37. The van der Waals surface area contributed by atoms with Crippen LogP contribution in [0.2, 0.25) is 0 Å². The first-order valence-electron chi connectivity index (χ1n) is 10.9. The predicted octanol–water partition coefficient (Wildman–Crippen LogP) is 0.342. The number of carbonyl (C=O) groups is 3. The van der Waals surface area contributed by atoms with E-state index in [0.717, 1.165) is 25.9 Å². The number of aliphatic hydroxyl groups is 1. The molecule has 31 heavy (non-hydrogen) atoms. The largest absolute Gasteiger partial charge is 0.389 e. The van der Waals surface area contributed by atoms with Gasteiger partial charge in [0.2, 0.25) is 5.91 Å². The molecule has 0 radical (unpaired) electrons. The van der Waals surface area contributed by atoms with Gasteiger partial charge in [0.05, 0.1) is 24.3 Å². The molecule has 2 fully saturated rings. The van der Waals surface area contributed by atoms with Crippen molar-refractivity contribution in [2.75, 3.05) is 31.2 Å². The van der Waals surface area contributed by atoms with E-state index in [-0.39, 0.29) is 36.0 Å². The Hall–Kier alpha value is -2.78. The molecule has 0 unspecified atom stereocenters. The summed E-state index contributed by atoms with van der Waals surface area (Å²) in [4.78, 5) is 40.7. The first-order valence-corrected chi connectivity index (χ1v) is 10.9. The lowest BCUT2D eigenvalue weighted by Crippen LogP contribution is -2.60. The third-order valence-corrected chi connectivity index (χ3v) is 6.41. The Morgan fingerprint density at radius 3 is 2.48 bits per heavy atom. The lowest BCUT2D eigenvalue weighted by atomic mass is 9.86. The summed E-state index contributed by atoms with van der Waals surface area (Å²) < 4.78 is 0. The number of piperazine rings is 1. The molecule has 9 heteroatoms. The minimum absolute atomic E-state index is 0.0545. The van der Waals surface area contributed by atoms with Crippen molar-refractivity contribution in [1.82, 2.24) is 15.1 Å². The quantitative estimate of drug-likeness (QED) is 0.721. The van der Waals surface area contributed by atoms with Gasteiger partial charge < -0.3 is 15.3 Å². The highest BCUT2D eigenvalue weighted by molar-refractivity contribution is 6.44. The van der Waals surface area contributed by atoms with Crippen molar-refractivity contribution < 1.29 is 19.5 Å². The minimum Gasteiger partial charge on any atom is -0.389 e. The topological polar surface area (TPSA) is 106 Å². The van der Waals surface area contributed by atoms with Gasteiger partial charge in [-0.1, -0.05) is 18.2 Å². The molecule has 3 atom stereocenters. The molecule has 3 amide bonds. The van der Waals surface area contributed by atoms with E-state index in [1.54, 1.807) is 19.1 Å². The number of para-hydroxylation sites is 1. The van der Waals surface area contributed by atoms with Crippen LogP contribution in [0, 0.1) is 0 Å². The molecule has 9 nitrogen and oxygen atoms in total. The number of benzene rings is 1. The highest BCUT2D eigenvalue weighted by Crippen LogP contribution is 2.26. The van der Waals surface area contributed by atoms with Crippen molar-refractivity contribution >= 4 is 29.1 Å². The molecule has 2 aliphatic heterocycles. The summed E-state index contributed by atoms with van der Waals surface area (Å²) in [5, 5.41) is 19.4. The van der Waals surface area contributed by atoms with E-state index in [4.69, 9.17) is 0 Å². The monoisotopic (exact) mass is 427 g/mol. The van der Waals surface area contributed by atoms with Gasteiger partial charge in [-0.05, 0) is 31.4 Å². The Morgan fingerprint density at radius 1 is 1.10 bits per heavy atom. The van der Waals surface area contributed by atoms with E-state index in [2.05, 4.69) is 15.3 Å². The third-order valence-electron chi connectivity index (χ3n) is 6.41. The number of hydrogen-bond acceptors (Lipinski definition) is 6. The molecule has 2 N–H and O–H groups in total. The second-order valence-corrected chi connectivity index (χ2v) is 8.38. The maximum atomic E-state index is 12.8. The van der Waals surface area contributed by atoms with Gasteiger partial charge in [0.1, 0.15) is 5.71 Å². The van der Waals surface area contributed by atoms with Crippen molar-refractivity contribution in [1.29, 1.82) is 0 Å². The average Bonchev–Trinajstić information content (AvgIpc) is 3.17. The van der Waals surface area contributed by atoms with E-state index in [1.165, 1.54) is 5.01 Å². The van der Waals surface area contributed by atoms with Gasteiger partial charge in [-0.3, -0.25) is 19.3 Å². The van der Waals surface area contributed by atoms with Crippen molar-refractivity contribution in [3.05, 3.63) is 30.3 Å². The molecule has 1 aromatic carbocycles. The van der Waals surface area contributed by atoms with Crippen LogP contribution in [0.15, 0.2) is 35.4 Å². The van der Waals surface area contributed by atoms with E-state index in [9.17, 15) is 19.5 Å². The van der Waals surface area contributed by atoms with Crippen LogP contribution in [0.25, 0.3) is 0 Å². The molecule has 3 aliphatic rings. The minimum atomic E-state index is -0.704. The van der Waals surface area contributed by atoms with Crippen LogP contribution in [-0.4, -0.2) is 82.7 Å². The number of nitrogens with zero attached hydrogens (tertiary/aromatic N) is 4. The lowest BCUT2D eigenvalue weighted by Gasteiger charge is -2.45. The zero-order chi connectivity index (χ0) is 22.0. The van der Waals surface area contributed by atoms with Gasteiger partial charge in [-0.2, -0.15) is 10.1 Å². The lowest BCUT2D eigenvalue weighted by molar-refractivity contribution is -0.132. The van der Waals surface area contributed by atoms with Crippen LogP contribution in [0.1, 0.15) is 32.6 Å². The number of anilines is 1. The third kappa shape index (κ3) is 4.62. The van der Waals surface area contributed by atoms with Gasteiger partial charge >= 0.3 is 0 Å². The maximum absolute atomic E-state index is 12.8. The highest BCUT2D eigenvalue weighted by atomic mass is 16.3. The normalized spacial score (nSPS) is 27.2. The van der Waals surface area contributed by atoms with E-state index in [0.29, 0.717) is 25.2 Å². The second kappa shape index (κ2) is 9.15. The first kappa shape index (κ1) is 21.5. The Morgan fingerprint density at radius 2 is 1.81 bits per heavy atom. The fourth-order valence-corrected chi connectivity index (χ4v) is 4.66. The number of hydrazone groups is 1. The molecule has 2 heterocycles. The Labute approximate surface area is 181 Å². The number of aliphatic hydroxyl groups excluding tert-OH is 1. The smallest absolute Gasteiger partial charge is 0.268 e. The van der Waals surface area contributed by atoms with Crippen molar-refractivity contribution in [2.45, 2.75) is 50.8 Å². The fraction of sp³-hybridized carbons (Fsp3) is 0.545. The van der Waals surface area contributed by atoms with Crippen LogP contribution in [0.4, 0.5) is 5.69 Å². The molecule has 4 rings (SSSR count). The number of amides is 3. The molecule has 1 aromatic rings. The summed E-state index contributed by atoms with van der Waals surface area (Å²) in [5.74, 6) is -0.579. The number of carbonyl (C=O) groups excluding carboxylic acids is 3. The Kier molecular flexibility index (Phi) is 6.33. The molecule has 166 valence electrons. The molecular weight excluding hydrogens is 398 g/mol. The van der Waals surface area contributed by atoms with Crippen LogP contribution in [0.3, 0.4) is 0 Å². The summed E-state index contributed by atoms with van der Waals surface area (Å²) in [6, 6.07) is 8.56. The summed E-state index contributed by atoms with van der Waals surface area (Å²) in [5.41, 5.74) is 0.788. The summed E-state index contributed by atoms with van der Waals surface area (Å²) in [6.45, 7) is 4.32. The standard InChI is InChI=1S/C22H29N5O4/c1-15(28)25-10-12-26(13-11-25)19-9-5-8-17(21(19)30)23-22(31)18-14-20(29)27(24-18)16-6-3-2-4-7-16/h2-4,6-7,17,19,21,30H,5,8-14H2,1H3,(H,23,31)/t17-,19-,21-/m1/s1.